The van der Waals surface area contributed by atoms with E-state index in [9.17, 15) is 9.36 Å². The van der Waals surface area contributed by atoms with E-state index in [1.165, 1.54) is 276 Å². The van der Waals surface area contributed by atoms with Gasteiger partial charge in [-0.1, -0.05) is 309 Å². The van der Waals surface area contributed by atoms with Gasteiger partial charge in [-0.05, 0) is 12.8 Å². The molecule has 0 aromatic carbocycles. The van der Waals surface area contributed by atoms with E-state index in [4.69, 9.17) is 19.3 Å². The minimum Gasteiger partial charge on any atom is -0.457 e. The van der Waals surface area contributed by atoms with Crippen molar-refractivity contribution in [1.82, 2.24) is 0 Å². The first-order valence-corrected chi connectivity index (χ1v) is 30.4. The van der Waals surface area contributed by atoms with Crippen molar-refractivity contribution in [3.63, 3.8) is 0 Å². The van der Waals surface area contributed by atoms with E-state index in [2.05, 4.69) is 18.4 Å². The summed E-state index contributed by atoms with van der Waals surface area (Å²) < 4.78 is 27.1. The average molecular weight is 929 g/mol. The van der Waals surface area contributed by atoms with Gasteiger partial charge in [-0.2, -0.15) is 0 Å². The molecule has 0 fully saturated rings. The Kier molecular flexibility index (Phi) is 53.1. The summed E-state index contributed by atoms with van der Waals surface area (Å²) in [6.45, 7) is 4.82. The molecule has 0 aliphatic heterocycles. The fourth-order valence-corrected chi connectivity index (χ4v) is 9.51. The molecular weight excluding hydrogens is 816 g/mol. The minimum atomic E-state index is -4.65. The molecule has 0 aliphatic carbocycles. The van der Waals surface area contributed by atoms with Crippen molar-refractivity contribution >= 4 is 13.8 Å². The highest BCUT2D eigenvalue weighted by molar-refractivity contribution is 7.46. The number of hydrogen-bond donors (Lipinski definition) is 2. The minimum absolute atomic E-state index is 0.0868. The number of rotatable bonds is 56. The molecule has 0 saturated carbocycles. The van der Waals surface area contributed by atoms with Crippen LogP contribution in [0.1, 0.15) is 328 Å². The quantitative estimate of drug-likeness (QED) is 0.0356. The van der Waals surface area contributed by atoms with Gasteiger partial charge in [0.1, 0.15) is 6.10 Å². The maximum Gasteiger partial charge on any atom is 0.469 e. The lowest BCUT2D eigenvalue weighted by molar-refractivity contribution is -0.154. The molecular formula is C56H113O7P. The lowest BCUT2D eigenvalue weighted by atomic mass is 10.0. The molecule has 0 radical (unpaired) electrons. The third-order valence-electron chi connectivity index (χ3n) is 13.4. The fourth-order valence-electron chi connectivity index (χ4n) is 9.15. The van der Waals surface area contributed by atoms with Crippen molar-refractivity contribution in [2.75, 3.05) is 19.8 Å². The molecule has 7 nitrogen and oxygen atoms in total. The zero-order chi connectivity index (χ0) is 46.5. The highest BCUT2D eigenvalue weighted by Crippen LogP contribution is 2.36. The molecule has 0 aliphatic rings. The van der Waals surface area contributed by atoms with Crippen molar-refractivity contribution in [1.29, 1.82) is 0 Å². The van der Waals surface area contributed by atoms with Gasteiger partial charge in [-0.3, -0.25) is 9.32 Å². The molecule has 0 amide bonds. The standard InChI is InChI=1S/C56H113O7P/c1-3-5-7-9-11-13-15-17-18-19-20-21-22-23-24-25-26-27-28-29-30-31-32-33-34-35-36-37-38-39-40-41-43-45-47-49-51-56(57)63-55(54-62-64(58,59)60)53-61-52-50-48-46-44-42-16-14-12-10-8-6-4-2/h55H,3-54H2,1-2H3,(H2,58,59,60)/t55-/m1/s1. The SMILES string of the molecule is CCCCCCCCCCCCCCCCCCCCCCCCCCCCCCCCCCCCCCC(=O)O[C@H](COCCCCCCCCCCCCCC)COP(=O)(O)O. The Balaban J connectivity index is 3.48. The zero-order valence-electron chi connectivity index (χ0n) is 43.2. The van der Waals surface area contributed by atoms with Gasteiger partial charge in [-0.15, -0.1) is 0 Å². The van der Waals surface area contributed by atoms with Crippen LogP contribution >= 0.6 is 7.82 Å². The second kappa shape index (κ2) is 53.5. The Labute approximate surface area is 399 Å². The average Bonchev–Trinajstić information content (AvgIpc) is 3.27. The third-order valence-corrected chi connectivity index (χ3v) is 13.9. The summed E-state index contributed by atoms with van der Waals surface area (Å²) in [6, 6.07) is 0. The second-order valence-corrected chi connectivity index (χ2v) is 21.2. The second-order valence-electron chi connectivity index (χ2n) is 20.0. The van der Waals surface area contributed by atoms with E-state index in [0.717, 1.165) is 32.1 Å². The molecule has 2 N–H and O–H groups in total. The topological polar surface area (TPSA) is 102 Å². The van der Waals surface area contributed by atoms with Gasteiger partial charge < -0.3 is 19.3 Å². The van der Waals surface area contributed by atoms with Gasteiger partial charge in [0.25, 0.3) is 0 Å². The molecule has 0 spiro atoms. The molecule has 8 heteroatoms. The first-order chi connectivity index (χ1) is 31.4. The highest BCUT2D eigenvalue weighted by atomic mass is 31.2. The van der Waals surface area contributed by atoms with Crippen LogP contribution in [0.15, 0.2) is 0 Å². The Morgan fingerprint density at radius 3 is 0.844 bits per heavy atom. The fraction of sp³-hybridized carbons (Fsp3) is 0.982. The first-order valence-electron chi connectivity index (χ1n) is 28.9. The van der Waals surface area contributed by atoms with Crippen molar-refractivity contribution in [3.05, 3.63) is 0 Å². The van der Waals surface area contributed by atoms with Gasteiger partial charge in [0.05, 0.1) is 13.2 Å². The van der Waals surface area contributed by atoms with Gasteiger partial charge >= 0.3 is 13.8 Å². The van der Waals surface area contributed by atoms with Gasteiger partial charge in [0.15, 0.2) is 0 Å². The van der Waals surface area contributed by atoms with Crippen LogP contribution in [0, 0.1) is 0 Å². The maximum absolute atomic E-state index is 12.5. The Bertz CT molecular complexity index is 942. The zero-order valence-corrected chi connectivity index (χ0v) is 44.1. The van der Waals surface area contributed by atoms with Crippen molar-refractivity contribution < 1.29 is 33.1 Å². The molecule has 0 aromatic heterocycles. The largest absolute Gasteiger partial charge is 0.469 e. The van der Waals surface area contributed by atoms with E-state index in [0.29, 0.717) is 13.0 Å². The molecule has 0 heterocycles. The number of carbonyl (C=O) groups is 1. The Hall–Kier alpha value is -0.460. The van der Waals surface area contributed by atoms with E-state index in [1.54, 1.807) is 0 Å². The van der Waals surface area contributed by atoms with E-state index >= 15 is 0 Å². The Morgan fingerprint density at radius 1 is 0.359 bits per heavy atom. The Morgan fingerprint density at radius 2 is 0.594 bits per heavy atom. The van der Waals surface area contributed by atoms with Crippen LogP contribution in [0.2, 0.25) is 0 Å². The number of phosphoric acid groups is 1. The van der Waals surface area contributed by atoms with E-state index in [1.807, 2.05) is 0 Å². The molecule has 0 saturated heterocycles. The van der Waals surface area contributed by atoms with Crippen molar-refractivity contribution in [2.24, 2.45) is 0 Å². The first kappa shape index (κ1) is 63.5. The van der Waals surface area contributed by atoms with Gasteiger partial charge in [0, 0.05) is 13.0 Å². The molecule has 0 rings (SSSR count). The number of esters is 1. The van der Waals surface area contributed by atoms with Crippen LogP contribution in [0.5, 0.6) is 0 Å². The number of phosphoric ester groups is 1. The predicted molar refractivity (Wildman–Crippen MR) is 276 cm³/mol. The van der Waals surface area contributed by atoms with Crippen molar-refractivity contribution in [3.8, 4) is 0 Å². The number of hydrogen-bond acceptors (Lipinski definition) is 5. The maximum atomic E-state index is 12.5. The molecule has 384 valence electrons. The lowest BCUT2D eigenvalue weighted by Crippen LogP contribution is -2.28. The number of carbonyl (C=O) groups excluding carboxylic acids is 1. The van der Waals surface area contributed by atoms with Crippen LogP contribution < -0.4 is 0 Å². The molecule has 64 heavy (non-hydrogen) atoms. The van der Waals surface area contributed by atoms with Crippen LogP contribution in [0.25, 0.3) is 0 Å². The van der Waals surface area contributed by atoms with Gasteiger partial charge in [-0.25, -0.2) is 4.57 Å². The van der Waals surface area contributed by atoms with Crippen LogP contribution in [0.3, 0.4) is 0 Å². The van der Waals surface area contributed by atoms with E-state index < -0.39 is 13.9 Å². The number of unbranched alkanes of at least 4 members (excludes halogenated alkanes) is 46. The highest BCUT2D eigenvalue weighted by Gasteiger charge is 2.21. The van der Waals surface area contributed by atoms with Gasteiger partial charge in [0.2, 0.25) is 0 Å². The normalized spacial score (nSPS) is 12.4. The van der Waals surface area contributed by atoms with Crippen LogP contribution in [-0.2, 0) is 23.4 Å². The summed E-state index contributed by atoms with van der Waals surface area (Å²) in [4.78, 5) is 30.8. The van der Waals surface area contributed by atoms with Crippen LogP contribution in [-0.4, -0.2) is 41.7 Å². The summed E-state index contributed by atoms with van der Waals surface area (Å²) in [5, 5.41) is 0. The summed E-state index contributed by atoms with van der Waals surface area (Å²) in [5.41, 5.74) is 0. The summed E-state index contributed by atoms with van der Waals surface area (Å²) in [7, 11) is -4.65. The molecule has 0 bridgehead atoms. The smallest absolute Gasteiger partial charge is 0.457 e. The monoisotopic (exact) mass is 929 g/mol. The summed E-state index contributed by atoms with van der Waals surface area (Å²) in [5.74, 6) is -0.352. The molecule has 0 unspecified atom stereocenters. The molecule has 1 atom stereocenters. The van der Waals surface area contributed by atoms with E-state index in [-0.39, 0.29) is 19.2 Å². The number of ether oxygens (including phenoxy) is 2. The predicted octanol–water partition coefficient (Wildman–Crippen LogP) is 19.2. The van der Waals surface area contributed by atoms with Crippen molar-refractivity contribution in [2.45, 2.75) is 335 Å². The lowest BCUT2D eigenvalue weighted by Gasteiger charge is -2.18. The third kappa shape index (κ3) is 55.9. The molecule has 0 aromatic rings. The summed E-state index contributed by atoms with van der Waals surface area (Å²) >= 11 is 0. The van der Waals surface area contributed by atoms with Crippen LogP contribution in [0.4, 0.5) is 0 Å². The summed E-state index contributed by atoms with van der Waals surface area (Å²) in [6.07, 6.45) is 64.6.